The van der Waals surface area contributed by atoms with E-state index in [4.69, 9.17) is 4.74 Å². The van der Waals surface area contributed by atoms with Crippen LogP contribution in [0.3, 0.4) is 0 Å². The molecule has 0 spiro atoms. The van der Waals surface area contributed by atoms with Crippen molar-refractivity contribution in [2.45, 2.75) is 20.4 Å². The zero-order chi connectivity index (χ0) is 12.8. The zero-order valence-corrected chi connectivity index (χ0v) is 10.6. The Kier molecular flexibility index (Phi) is 4.06. The van der Waals surface area contributed by atoms with E-state index in [1.54, 1.807) is 12.4 Å². The van der Waals surface area contributed by atoms with Crippen LogP contribution in [-0.4, -0.2) is 21.6 Å². The summed E-state index contributed by atoms with van der Waals surface area (Å²) in [6.45, 7) is 5.03. The van der Waals surface area contributed by atoms with Crippen LogP contribution in [0.1, 0.15) is 18.4 Å². The predicted octanol–water partition coefficient (Wildman–Crippen LogP) is 2.19. The first-order valence-electron chi connectivity index (χ1n) is 5.90. The van der Waals surface area contributed by atoms with Gasteiger partial charge in [0.15, 0.2) is 0 Å². The highest BCUT2D eigenvalue weighted by Crippen LogP contribution is 2.20. The number of rotatable bonds is 5. The van der Waals surface area contributed by atoms with E-state index in [2.05, 4.69) is 20.3 Å². The van der Waals surface area contributed by atoms with Gasteiger partial charge in [0.05, 0.1) is 24.5 Å². The number of aromatic nitrogens is 3. The molecule has 0 unspecified atom stereocenters. The van der Waals surface area contributed by atoms with Crippen molar-refractivity contribution in [1.82, 2.24) is 15.0 Å². The van der Waals surface area contributed by atoms with Gasteiger partial charge in [-0.2, -0.15) is 0 Å². The Bertz CT molecular complexity index is 516. The van der Waals surface area contributed by atoms with Gasteiger partial charge in [-0.05, 0) is 32.0 Å². The van der Waals surface area contributed by atoms with E-state index in [1.807, 2.05) is 32.0 Å². The summed E-state index contributed by atoms with van der Waals surface area (Å²) in [7, 11) is 0. The molecule has 0 fully saturated rings. The number of nitrogens with one attached hydrogen (secondary N) is 1. The molecule has 0 radical (unpaired) electrons. The molecule has 2 heterocycles. The lowest BCUT2D eigenvalue weighted by molar-refractivity contribution is 0.328. The lowest BCUT2D eigenvalue weighted by atomic mass is 10.3. The Labute approximate surface area is 106 Å². The first-order valence-corrected chi connectivity index (χ1v) is 5.90. The summed E-state index contributed by atoms with van der Waals surface area (Å²) in [4.78, 5) is 12.6. The van der Waals surface area contributed by atoms with E-state index in [0.717, 1.165) is 17.2 Å². The average molecular weight is 244 g/mol. The largest absolute Gasteiger partial charge is 0.476 e. The predicted molar refractivity (Wildman–Crippen MR) is 69.5 cm³/mol. The van der Waals surface area contributed by atoms with Gasteiger partial charge in [-0.15, -0.1) is 0 Å². The summed E-state index contributed by atoms with van der Waals surface area (Å²) in [6.07, 6.45) is 3.47. The van der Waals surface area contributed by atoms with Crippen LogP contribution in [0, 0.1) is 6.92 Å². The van der Waals surface area contributed by atoms with Crippen LogP contribution >= 0.6 is 0 Å². The standard InChI is InChI=1S/C13H16N4O/c1-3-18-13-12(5-4-7-15-13)16-9-11-6-8-14-10(2)17-11/h4-8,16H,3,9H2,1-2H3. The monoisotopic (exact) mass is 244 g/mol. The molecule has 0 amide bonds. The van der Waals surface area contributed by atoms with Crippen LogP contribution in [0.4, 0.5) is 5.69 Å². The second-order valence-corrected chi connectivity index (χ2v) is 3.74. The third-order valence-electron chi connectivity index (χ3n) is 2.35. The summed E-state index contributed by atoms with van der Waals surface area (Å²) in [5.74, 6) is 1.39. The summed E-state index contributed by atoms with van der Waals surface area (Å²) in [5.41, 5.74) is 1.81. The third-order valence-corrected chi connectivity index (χ3v) is 2.35. The number of ether oxygens (including phenoxy) is 1. The molecule has 2 aromatic heterocycles. The van der Waals surface area contributed by atoms with Crippen molar-refractivity contribution in [2.24, 2.45) is 0 Å². The Morgan fingerprint density at radius 2 is 2.11 bits per heavy atom. The van der Waals surface area contributed by atoms with Crippen LogP contribution in [-0.2, 0) is 6.54 Å². The molecule has 0 saturated carbocycles. The lowest BCUT2D eigenvalue weighted by Crippen LogP contribution is -2.06. The maximum absolute atomic E-state index is 5.44. The topological polar surface area (TPSA) is 59.9 Å². The number of hydrogen-bond donors (Lipinski definition) is 1. The molecule has 1 N–H and O–H groups in total. The Morgan fingerprint density at radius 3 is 2.89 bits per heavy atom. The van der Waals surface area contributed by atoms with Gasteiger partial charge in [0.1, 0.15) is 5.82 Å². The number of hydrogen-bond acceptors (Lipinski definition) is 5. The summed E-state index contributed by atoms with van der Waals surface area (Å²) in [5, 5.41) is 3.26. The molecule has 18 heavy (non-hydrogen) atoms. The number of anilines is 1. The van der Waals surface area contributed by atoms with Crippen molar-refractivity contribution >= 4 is 5.69 Å². The zero-order valence-electron chi connectivity index (χ0n) is 10.6. The molecular formula is C13H16N4O. The molecule has 2 rings (SSSR count). The Morgan fingerprint density at radius 1 is 1.22 bits per heavy atom. The quantitative estimate of drug-likeness (QED) is 0.873. The molecule has 5 nitrogen and oxygen atoms in total. The van der Waals surface area contributed by atoms with Gasteiger partial charge >= 0.3 is 0 Å². The molecular weight excluding hydrogens is 228 g/mol. The highest BCUT2D eigenvalue weighted by Gasteiger charge is 2.03. The van der Waals surface area contributed by atoms with E-state index in [0.29, 0.717) is 19.0 Å². The fourth-order valence-electron chi connectivity index (χ4n) is 1.57. The van der Waals surface area contributed by atoms with Gasteiger partial charge in [-0.25, -0.2) is 15.0 Å². The fourth-order valence-corrected chi connectivity index (χ4v) is 1.57. The van der Waals surface area contributed by atoms with Crippen LogP contribution < -0.4 is 10.1 Å². The van der Waals surface area contributed by atoms with Gasteiger partial charge in [-0.3, -0.25) is 0 Å². The van der Waals surface area contributed by atoms with Crippen molar-refractivity contribution in [1.29, 1.82) is 0 Å². The van der Waals surface area contributed by atoms with Crippen LogP contribution in [0.25, 0.3) is 0 Å². The number of aryl methyl sites for hydroxylation is 1. The van der Waals surface area contributed by atoms with Crippen LogP contribution in [0.15, 0.2) is 30.6 Å². The van der Waals surface area contributed by atoms with Gasteiger partial charge in [0, 0.05) is 12.4 Å². The van der Waals surface area contributed by atoms with E-state index in [9.17, 15) is 0 Å². The molecule has 2 aromatic rings. The van der Waals surface area contributed by atoms with E-state index in [-0.39, 0.29) is 0 Å². The molecule has 0 aliphatic carbocycles. The van der Waals surface area contributed by atoms with Gasteiger partial charge in [-0.1, -0.05) is 0 Å². The molecule has 0 saturated heterocycles. The van der Waals surface area contributed by atoms with Crippen molar-refractivity contribution < 1.29 is 4.74 Å². The summed E-state index contributed by atoms with van der Waals surface area (Å²) < 4.78 is 5.44. The second-order valence-electron chi connectivity index (χ2n) is 3.74. The van der Waals surface area contributed by atoms with Crippen LogP contribution in [0.2, 0.25) is 0 Å². The van der Waals surface area contributed by atoms with E-state index < -0.39 is 0 Å². The second kappa shape index (κ2) is 5.95. The van der Waals surface area contributed by atoms with Gasteiger partial charge in [0.25, 0.3) is 0 Å². The van der Waals surface area contributed by atoms with E-state index >= 15 is 0 Å². The van der Waals surface area contributed by atoms with Crippen molar-refractivity contribution in [3.8, 4) is 5.88 Å². The maximum Gasteiger partial charge on any atom is 0.237 e. The minimum atomic E-state index is 0.596. The normalized spacial score (nSPS) is 10.1. The van der Waals surface area contributed by atoms with E-state index in [1.165, 1.54) is 0 Å². The smallest absolute Gasteiger partial charge is 0.237 e. The van der Waals surface area contributed by atoms with Crippen LogP contribution in [0.5, 0.6) is 5.88 Å². The van der Waals surface area contributed by atoms with Crippen molar-refractivity contribution in [3.05, 3.63) is 42.1 Å². The molecule has 5 heteroatoms. The highest BCUT2D eigenvalue weighted by molar-refractivity contribution is 5.52. The fraction of sp³-hybridized carbons (Fsp3) is 0.308. The molecule has 0 atom stereocenters. The highest BCUT2D eigenvalue weighted by atomic mass is 16.5. The minimum Gasteiger partial charge on any atom is -0.476 e. The lowest BCUT2D eigenvalue weighted by Gasteiger charge is -2.10. The summed E-state index contributed by atoms with van der Waals surface area (Å²) in [6, 6.07) is 5.69. The molecule has 0 aromatic carbocycles. The summed E-state index contributed by atoms with van der Waals surface area (Å²) >= 11 is 0. The van der Waals surface area contributed by atoms with Crippen molar-refractivity contribution in [3.63, 3.8) is 0 Å². The van der Waals surface area contributed by atoms with Gasteiger partial charge in [0.2, 0.25) is 5.88 Å². The Hall–Kier alpha value is -2.17. The first kappa shape index (κ1) is 12.3. The SMILES string of the molecule is CCOc1ncccc1NCc1ccnc(C)n1. The first-order chi connectivity index (χ1) is 8.79. The number of nitrogens with zero attached hydrogens (tertiary/aromatic N) is 3. The van der Waals surface area contributed by atoms with Crippen molar-refractivity contribution in [2.75, 3.05) is 11.9 Å². The Balaban J connectivity index is 2.06. The minimum absolute atomic E-state index is 0.596. The molecule has 94 valence electrons. The molecule has 0 aliphatic heterocycles. The maximum atomic E-state index is 5.44. The van der Waals surface area contributed by atoms with Gasteiger partial charge < -0.3 is 10.1 Å². The number of pyridine rings is 1. The molecule has 0 aliphatic rings. The average Bonchev–Trinajstić information content (AvgIpc) is 2.38. The molecule has 0 bridgehead atoms. The third kappa shape index (κ3) is 3.16.